The number of carbonyl (C=O) groups excluding carboxylic acids is 1. The van der Waals surface area contributed by atoms with Crippen LogP contribution in [-0.2, 0) is 14.3 Å². The molecule has 5 fully saturated rings. The third-order valence-corrected chi connectivity index (χ3v) is 9.47. The Balaban J connectivity index is 1.04. The van der Waals surface area contributed by atoms with E-state index in [-0.39, 0.29) is 29.0 Å². The Bertz CT molecular complexity index is 890. The van der Waals surface area contributed by atoms with Gasteiger partial charge >= 0.3 is 5.97 Å². The van der Waals surface area contributed by atoms with Gasteiger partial charge in [0.1, 0.15) is 6.10 Å². The minimum absolute atomic E-state index is 0.0433. The average Bonchev–Trinajstić information content (AvgIpc) is 3.52. The molecule has 0 amide bonds. The Kier molecular flexibility index (Phi) is 5.63. The molecule has 6 atom stereocenters. The van der Waals surface area contributed by atoms with Gasteiger partial charge in [0.25, 0.3) is 0 Å². The van der Waals surface area contributed by atoms with E-state index in [1.807, 2.05) is 0 Å². The molecule has 1 aromatic carbocycles. The SMILES string of the molecule is C[C@]12CCC[C@@]3(CO3)[C@H]1C[C@H]1[C@@H](C2)OC(=O)[C@@H]1CN1CCN(C/C=C/c2ccccc2)CC1. The summed E-state index contributed by atoms with van der Waals surface area (Å²) in [5.41, 5.74) is 1.67. The van der Waals surface area contributed by atoms with E-state index in [0.717, 1.165) is 58.7 Å². The van der Waals surface area contributed by atoms with Crippen molar-refractivity contribution >= 4 is 12.0 Å². The van der Waals surface area contributed by atoms with E-state index < -0.39 is 0 Å². The second-order valence-corrected chi connectivity index (χ2v) is 11.5. The molecule has 1 spiro atoms. The number of ether oxygens (including phenoxy) is 2. The summed E-state index contributed by atoms with van der Waals surface area (Å²) in [5, 5.41) is 0. The Hall–Kier alpha value is -1.69. The van der Waals surface area contributed by atoms with Crippen molar-refractivity contribution in [3.63, 3.8) is 0 Å². The molecule has 0 unspecified atom stereocenters. The molecule has 0 bridgehead atoms. The third kappa shape index (κ3) is 4.17. The fourth-order valence-electron chi connectivity index (χ4n) is 7.50. The van der Waals surface area contributed by atoms with Gasteiger partial charge in [-0.25, -0.2) is 0 Å². The van der Waals surface area contributed by atoms with Crippen LogP contribution in [0.25, 0.3) is 6.08 Å². The zero-order chi connectivity index (χ0) is 22.5. The Morgan fingerprint density at radius 1 is 1.09 bits per heavy atom. The lowest BCUT2D eigenvalue weighted by molar-refractivity contribution is -0.147. The first-order valence-corrected chi connectivity index (χ1v) is 13.1. The lowest BCUT2D eigenvalue weighted by Gasteiger charge is -2.51. The van der Waals surface area contributed by atoms with Crippen molar-refractivity contribution < 1.29 is 14.3 Å². The van der Waals surface area contributed by atoms with Crippen molar-refractivity contribution in [1.29, 1.82) is 0 Å². The molecule has 178 valence electrons. The highest BCUT2D eigenvalue weighted by molar-refractivity contribution is 5.75. The fourth-order valence-corrected chi connectivity index (χ4v) is 7.50. The highest BCUT2D eigenvalue weighted by Crippen LogP contribution is 2.62. The average molecular weight is 451 g/mol. The molecule has 0 N–H and O–H groups in total. The van der Waals surface area contributed by atoms with Crippen LogP contribution in [-0.4, -0.2) is 73.3 Å². The minimum Gasteiger partial charge on any atom is -0.462 e. The number of hydrogen-bond donors (Lipinski definition) is 0. The smallest absolute Gasteiger partial charge is 0.310 e. The van der Waals surface area contributed by atoms with Gasteiger partial charge < -0.3 is 9.47 Å². The molecule has 5 heteroatoms. The van der Waals surface area contributed by atoms with Crippen LogP contribution in [0.1, 0.15) is 44.6 Å². The van der Waals surface area contributed by atoms with Crippen molar-refractivity contribution in [3.05, 3.63) is 42.0 Å². The summed E-state index contributed by atoms with van der Waals surface area (Å²) in [4.78, 5) is 18.0. The molecule has 33 heavy (non-hydrogen) atoms. The fraction of sp³-hybridized carbons (Fsp3) is 0.679. The number of rotatable bonds is 5. The molecule has 0 radical (unpaired) electrons. The number of esters is 1. The number of carbonyl (C=O) groups is 1. The molecule has 6 rings (SSSR count). The van der Waals surface area contributed by atoms with E-state index in [9.17, 15) is 4.79 Å². The molecule has 2 aliphatic carbocycles. The summed E-state index contributed by atoms with van der Waals surface area (Å²) in [6.45, 7) is 9.42. The first-order chi connectivity index (χ1) is 16.0. The van der Waals surface area contributed by atoms with Crippen molar-refractivity contribution in [3.8, 4) is 0 Å². The number of epoxide rings is 1. The van der Waals surface area contributed by atoms with Gasteiger partial charge in [0.05, 0.1) is 18.1 Å². The normalized spacial score (nSPS) is 41.2. The van der Waals surface area contributed by atoms with Crippen LogP contribution in [0.15, 0.2) is 36.4 Å². The maximum atomic E-state index is 12.9. The van der Waals surface area contributed by atoms with Crippen LogP contribution in [0.3, 0.4) is 0 Å². The van der Waals surface area contributed by atoms with Crippen LogP contribution >= 0.6 is 0 Å². The van der Waals surface area contributed by atoms with Crippen LogP contribution < -0.4 is 0 Å². The molecule has 0 aromatic heterocycles. The second-order valence-electron chi connectivity index (χ2n) is 11.5. The highest BCUT2D eigenvalue weighted by atomic mass is 16.6. The second kappa shape index (κ2) is 8.51. The molecule has 2 saturated carbocycles. The lowest BCUT2D eigenvalue weighted by Crippen LogP contribution is -2.52. The monoisotopic (exact) mass is 450 g/mol. The molecule has 5 nitrogen and oxygen atoms in total. The Morgan fingerprint density at radius 2 is 1.85 bits per heavy atom. The summed E-state index contributed by atoms with van der Waals surface area (Å²) in [6.07, 6.45) is 10.5. The number of hydrogen-bond acceptors (Lipinski definition) is 5. The van der Waals surface area contributed by atoms with Gasteiger partial charge in [0.15, 0.2) is 0 Å². The highest BCUT2D eigenvalue weighted by Gasteiger charge is 2.65. The molecule has 5 aliphatic rings. The number of piperazine rings is 1. The summed E-state index contributed by atoms with van der Waals surface area (Å²) in [7, 11) is 0. The number of benzene rings is 1. The zero-order valence-corrected chi connectivity index (χ0v) is 20.0. The van der Waals surface area contributed by atoms with E-state index in [1.165, 1.54) is 24.8 Å². The van der Waals surface area contributed by atoms with Crippen molar-refractivity contribution in [1.82, 2.24) is 9.80 Å². The van der Waals surface area contributed by atoms with E-state index in [2.05, 4.69) is 59.2 Å². The van der Waals surface area contributed by atoms with E-state index in [4.69, 9.17) is 9.47 Å². The van der Waals surface area contributed by atoms with Crippen molar-refractivity contribution in [2.75, 3.05) is 45.9 Å². The Labute approximate surface area is 198 Å². The van der Waals surface area contributed by atoms with Gasteiger partial charge in [0, 0.05) is 45.2 Å². The van der Waals surface area contributed by atoms with E-state index in [1.54, 1.807) is 0 Å². The van der Waals surface area contributed by atoms with Gasteiger partial charge in [-0.3, -0.25) is 14.6 Å². The van der Waals surface area contributed by atoms with Gasteiger partial charge in [-0.1, -0.05) is 49.4 Å². The standard InChI is InChI=1S/C28H38N2O3/c1-27-10-6-11-28(20-32-28)25(27)17-22-23(26(31)33-24(22)18-27)19-30-15-13-29(14-16-30)12-5-9-21-7-3-2-4-8-21/h2-5,7-9,22-25H,6,10-20H2,1H3/b9-5+/t22-,23-,24-,25+,27-,28-/m1/s1. The maximum Gasteiger partial charge on any atom is 0.310 e. The quantitative estimate of drug-likeness (QED) is 0.504. The minimum atomic E-state index is 0.0433. The predicted octanol–water partition coefficient (Wildman–Crippen LogP) is 3.84. The first-order valence-electron chi connectivity index (χ1n) is 13.1. The first kappa shape index (κ1) is 21.8. The van der Waals surface area contributed by atoms with Gasteiger partial charge in [-0.05, 0) is 49.0 Å². The van der Waals surface area contributed by atoms with Gasteiger partial charge in [0.2, 0.25) is 0 Å². The summed E-state index contributed by atoms with van der Waals surface area (Å²) < 4.78 is 12.1. The number of fused-ring (bicyclic) bond motifs is 3. The van der Waals surface area contributed by atoms with Crippen LogP contribution in [0.5, 0.6) is 0 Å². The molecule has 1 aromatic rings. The molecule has 3 aliphatic heterocycles. The van der Waals surface area contributed by atoms with Gasteiger partial charge in [-0.2, -0.15) is 0 Å². The maximum absolute atomic E-state index is 12.9. The largest absolute Gasteiger partial charge is 0.462 e. The van der Waals surface area contributed by atoms with Crippen molar-refractivity contribution in [2.24, 2.45) is 23.2 Å². The summed E-state index contributed by atoms with van der Waals surface area (Å²) >= 11 is 0. The molecular weight excluding hydrogens is 412 g/mol. The van der Waals surface area contributed by atoms with E-state index >= 15 is 0 Å². The van der Waals surface area contributed by atoms with Crippen molar-refractivity contribution in [2.45, 2.75) is 50.7 Å². The van der Waals surface area contributed by atoms with Gasteiger partial charge in [-0.15, -0.1) is 0 Å². The predicted molar refractivity (Wildman–Crippen MR) is 129 cm³/mol. The molecular formula is C28H38N2O3. The molecule has 3 saturated heterocycles. The topological polar surface area (TPSA) is 45.3 Å². The zero-order valence-electron chi connectivity index (χ0n) is 20.0. The number of nitrogens with zero attached hydrogens (tertiary/aromatic N) is 2. The lowest BCUT2D eigenvalue weighted by atomic mass is 9.53. The summed E-state index contributed by atoms with van der Waals surface area (Å²) in [5.74, 6) is 1.08. The van der Waals surface area contributed by atoms with Crippen LogP contribution in [0.4, 0.5) is 0 Å². The van der Waals surface area contributed by atoms with Crippen LogP contribution in [0, 0.1) is 23.2 Å². The van der Waals surface area contributed by atoms with Crippen LogP contribution in [0.2, 0.25) is 0 Å². The van der Waals surface area contributed by atoms with E-state index in [0.29, 0.717) is 11.8 Å². The third-order valence-electron chi connectivity index (χ3n) is 9.47. The molecule has 3 heterocycles. The Morgan fingerprint density at radius 3 is 2.61 bits per heavy atom. The summed E-state index contributed by atoms with van der Waals surface area (Å²) in [6, 6.07) is 10.5.